The summed E-state index contributed by atoms with van der Waals surface area (Å²) in [6, 6.07) is 6.54. The van der Waals surface area contributed by atoms with E-state index in [1.807, 2.05) is 0 Å². The highest BCUT2D eigenvalue weighted by molar-refractivity contribution is 6.01. The largest absolute Gasteiger partial charge is 0.491 e. The average molecular weight is 291 g/mol. The summed E-state index contributed by atoms with van der Waals surface area (Å²) >= 11 is 0. The number of Topliss-reactive ketones (excluding diaryl/α,β-unsaturated/α-hetero) is 1. The number of hydrogen-bond acceptors (Lipinski definition) is 5. The number of β-amino-alcohol motifs (C(OH)–C–C–N with tert-alkyl or cyclic N) is 1. The summed E-state index contributed by atoms with van der Waals surface area (Å²) in [5.74, 6) is -0.0412. The molecule has 0 saturated carbocycles. The Balaban J connectivity index is 1.83. The molecule has 2 rings (SSSR count). The van der Waals surface area contributed by atoms with Crippen LogP contribution in [-0.4, -0.2) is 46.9 Å². The number of ether oxygens (including phenoxy) is 1. The first-order valence-electron chi connectivity index (χ1n) is 6.72. The maximum atomic E-state index is 11.4. The predicted molar refractivity (Wildman–Crippen MR) is 73.9 cm³/mol. The molecule has 21 heavy (non-hydrogen) atoms. The lowest BCUT2D eigenvalue weighted by molar-refractivity contribution is -0.140. The second kappa shape index (κ2) is 6.49. The van der Waals surface area contributed by atoms with Crippen LogP contribution in [0.15, 0.2) is 24.3 Å². The quantitative estimate of drug-likeness (QED) is 0.618. The molecule has 0 radical (unpaired) electrons. The standard InChI is InChI=1S/C15H17NO5/c1-10(17)11-2-4-13(5-3-11)21-9-12(18)8-16-14(19)6-7-15(16)20/h2-5,12,18H,6-9H2,1H3. The molecule has 1 unspecified atom stereocenters. The SMILES string of the molecule is CC(=O)c1ccc(OCC(O)CN2C(=O)CCC2=O)cc1. The summed E-state index contributed by atoms with van der Waals surface area (Å²) in [5.41, 5.74) is 0.580. The van der Waals surface area contributed by atoms with Gasteiger partial charge in [0.15, 0.2) is 5.78 Å². The number of likely N-dealkylation sites (tertiary alicyclic amines) is 1. The lowest BCUT2D eigenvalue weighted by atomic mass is 10.1. The van der Waals surface area contributed by atoms with E-state index in [9.17, 15) is 19.5 Å². The highest BCUT2D eigenvalue weighted by atomic mass is 16.5. The molecule has 1 aliphatic rings. The van der Waals surface area contributed by atoms with Gasteiger partial charge in [-0.25, -0.2) is 0 Å². The molecule has 1 aromatic rings. The van der Waals surface area contributed by atoms with E-state index >= 15 is 0 Å². The van der Waals surface area contributed by atoms with Crippen LogP contribution in [0, 0.1) is 0 Å². The fourth-order valence-electron chi connectivity index (χ4n) is 2.07. The van der Waals surface area contributed by atoms with E-state index < -0.39 is 6.10 Å². The number of nitrogens with zero attached hydrogens (tertiary/aromatic N) is 1. The van der Waals surface area contributed by atoms with Crippen molar-refractivity contribution in [1.29, 1.82) is 0 Å². The molecule has 1 aliphatic heterocycles. The fraction of sp³-hybridized carbons (Fsp3) is 0.400. The summed E-state index contributed by atoms with van der Waals surface area (Å²) in [7, 11) is 0. The van der Waals surface area contributed by atoms with Gasteiger partial charge >= 0.3 is 0 Å². The van der Waals surface area contributed by atoms with Gasteiger partial charge in [-0.1, -0.05) is 0 Å². The zero-order chi connectivity index (χ0) is 15.4. The van der Waals surface area contributed by atoms with Crippen molar-refractivity contribution in [3.05, 3.63) is 29.8 Å². The van der Waals surface area contributed by atoms with Gasteiger partial charge < -0.3 is 9.84 Å². The fourth-order valence-corrected chi connectivity index (χ4v) is 2.07. The summed E-state index contributed by atoms with van der Waals surface area (Å²) in [6.45, 7) is 1.39. The number of carbonyl (C=O) groups is 3. The number of carbonyl (C=O) groups excluding carboxylic acids is 3. The van der Waals surface area contributed by atoms with Crippen LogP contribution in [0.4, 0.5) is 0 Å². The average Bonchev–Trinajstić information content (AvgIpc) is 2.77. The van der Waals surface area contributed by atoms with Crippen molar-refractivity contribution in [3.8, 4) is 5.75 Å². The van der Waals surface area contributed by atoms with Crippen molar-refractivity contribution in [1.82, 2.24) is 4.90 Å². The van der Waals surface area contributed by atoms with Crippen LogP contribution < -0.4 is 4.74 Å². The van der Waals surface area contributed by atoms with E-state index in [2.05, 4.69) is 0 Å². The lowest BCUT2D eigenvalue weighted by Crippen LogP contribution is -2.38. The van der Waals surface area contributed by atoms with Crippen molar-refractivity contribution in [3.63, 3.8) is 0 Å². The van der Waals surface area contributed by atoms with Crippen LogP contribution in [0.3, 0.4) is 0 Å². The predicted octanol–water partition coefficient (Wildman–Crippen LogP) is 0.778. The van der Waals surface area contributed by atoms with Gasteiger partial charge in [0, 0.05) is 18.4 Å². The van der Waals surface area contributed by atoms with Crippen molar-refractivity contribution in [2.45, 2.75) is 25.9 Å². The minimum absolute atomic E-state index is 0.0313. The van der Waals surface area contributed by atoms with Crippen molar-refractivity contribution in [2.24, 2.45) is 0 Å². The van der Waals surface area contributed by atoms with Crippen LogP contribution >= 0.6 is 0 Å². The molecule has 112 valence electrons. The van der Waals surface area contributed by atoms with E-state index in [0.29, 0.717) is 11.3 Å². The molecule has 1 heterocycles. The molecule has 1 atom stereocenters. The van der Waals surface area contributed by atoms with Crippen LogP contribution in [0.1, 0.15) is 30.1 Å². The zero-order valence-corrected chi connectivity index (χ0v) is 11.7. The third kappa shape index (κ3) is 3.88. The van der Waals surface area contributed by atoms with Gasteiger partial charge in [0.25, 0.3) is 0 Å². The Hall–Kier alpha value is -2.21. The van der Waals surface area contributed by atoms with E-state index in [1.54, 1.807) is 24.3 Å². The molecule has 1 aromatic carbocycles. The van der Waals surface area contributed by atoms with Crippen LogP contribution in [0.2, 0.25) is 0 Å². The van der Waals surface area contributed by atoms with E-state index in [-0.39, 0.29) is 43.6 Å². The molecule has 6 heteroatoms. The summed E-state index contributed by atoms with van der Waals surface area (Å²) in [4.78, 5) is 35.0. The molecular formula is C15H17NO5. The molecule has 0 aliphatic carbocycles. The van der Waals surface area contributed by atoms with Crippen molar-refractivity contribution in [2.75, 3.05) is 13.2 Å². The second-order valence-electron chi connectivity index (χ2n) is 4.94. The summed E-state index contributed by atoms with van der Waals surface area (Å²) in [6.07, 6.45) is -0.527. The molecule has 1 fully saturated rings. The maximum Gasteiger partial charge on any atom is 0.229 e. The number of aliphatic hydroxyl groups excluding tert-OH is 1. The summed E-state index contributed by atoms with van der Waals surface area (Å²) < 4.78 is 5.37. The zero-order valence-electron chi connectivity index (χ0n) is 11.7. The Morgan fingerprint density at radius 3 is 2.33 bits per heavy atom. The Morgan fingerprint density at radius 1 is 1.24 bits per heavy atom. The Kier molecular flexibility index (Phi) is 4.70. The lowest BCUT2D eigenvalue weighted by Gasteiger charge is -2.18. The smallest absolute Gasteiger partial charge is 0.229 e. The van der Waals surface area contributed by atoms with E-state index in [4.69, 9.17) is 4.74 Å². The van der Waals surface area contributed by atoms with Gasteiger partial charge in [-0.05, 0) is 31.2 Å². The Morgan fingerprint density at radius 2 is 1.81 bits per heavy atom. The van der Waals surface area contributed by atoms with Gasteiger partial charge in [0.2, 0.25) is 11.8 Å². The summed E-state index contributed by atoms with van der Waals surface area (Å²) in [5, 5.41) is 9.82. The number of ketones is 1. The highest BCUT2D eigenvalue weighted by Gasteiger charge is 2.30. The van der Waals surface area contributed by atoms with Gasteiger partial charge in [0.05, 0.1) is 6.54 Å². The first-order valence-corrected chi connectivity index (χ1v) is 6.72. The molecule has 0 bridgehead atoms. The molecule has 0 aromatic heterocycles. The topological polar surface area (TPSA) is 83.9 Å². The third-order valence-electron chi connectivity index (χ3n) is 3.25. The van der Waals surface area contributed by atoms with Crippen LogP contribution in [0.5, 0.6) is 5.75 Å². The first kappa shape index (κ1) is 15.2. The first-order chi connectivity index (χ1) is 9.97. The minimum atomic E-state index is -0.941. The number of imide groups is 1. The molecule has 6 nitrogen and oxygen atoms in total. The number of aliphatic hydroxyl groups is 1. The molecule has 1 N–H and O–H groups in total. The van der Waals surface area contributed by atoms with Crippen molar-refractivity contribution >= 4 is 17.6 Å². The Bertz CT molecular complexity index is 536. The number of rotatable bonds is 6. The van der Waals surface area contributed by atoms with Crippen LogP contribution in [-0.2, 0) is 9.59 Å². The molecule has 0 spiro atoms. The van der Waals surface area contributed by atoms with Crippen LogP contribution in [0.25, 0.3) is 0 Å². The van der Waals surface area contributed by atoms with E-state index in [0.717, 1.165) is 4.90 Å². The van der Waals surface area contributed by atoms with Gasteiger partial charge in [-0.15, -0.1) is 0 Å². The molecule has 2 amide bonds. The van der Waals surface area contributed by atoms with Gasteiger partial charge in [0.1, 0.15) is 18.5 Å². The normalized spacial score (nSPS) is 16.2. The third-order valence-corrected chi connectivity index (χ3v) is 3.25. The van der Waals surface area contributed by atoms with E-state index in [1.165, 1.54) is 6.92 Å². The Labute approximate surface area is 122 Å². The van der Waals surface area contributed by atoms with Gasteiger partial charge in [-0.3, -0.25) is 19.3 Å². The molecular weight excluding hydrogens is 274 g/mol. The minimum Gasteiger partial charge on any atom is -0.491 e. The number of amides is 2. The second-order valence-corrected chi connectivity index (χ2v) is 4.94. The van der Waals surface area contributed by atoms with Gasteiger partial charge in [-0.2, -0.15) is 0 Å². The maximum absolute atomic E-state index is 11.4. The molecule has 1 saturated heterocycles. The highest BCUT2D eigenvalue weighted by Crippen LogP contribution is 2.14. The number of hydrogen-bond donors (Lipinski definition) is 1. The number of benzene rings is 1. The van der Waals surface area contributed by atoms with Crippen molar-refractivity contribution < 1.29 is 24.2 Å². The monoisotopic (exact) mass is 291 g/mol.